The number of aromatic nitrogens is 2. The Labute approximate surface area is 204 Å². The Morgan fingerprint density at radius 1 is 1.24 bits per heavy atom. The lowest BCUT2D eigenvalue weighted by molar-refractivity contribution is -0.119. The molecule has 3 aromatic rings. The van der Waals surface area contributed by atoms with Crippen molar-refractivity contribution in [3.8, 4) is 5.75 Å². The first-order chi connectivity index (χ1) is 16.4. The molecule has 2 aromatic heterocycles. The number of rotatable bonds is 8. The first-order valence-corrected chi connectivity index (χ1v) is 11.5. The van der Waals surface area contributed by atoms with E-state index >= 15 is 0 Å². The minimum Gasteiger partial charge on any atom is -0.495 e. The zero-order valence-corrected chi connectivity index (χ0v) is 20.5. The summed E-state index contributed by atoms with van der Waals surface area (Å²) in [7, 11) is 3.05. The minimum atomic E-state index is -0.267. The lowest BCUT2D eigenvalue weighted by atomic mass is 9.98. The SMILES string of the molecule is COCC(=O)Nc1cc(N2C(=S)N[C@H](c3ccccn3)[C@@H]2c2ccn(C(C)C)c2)ccc1OC. The molecule has 1 aliphatic rings. The summed E-state index contributed by atoms with van der Waals surface area (Å²) in [6.45, 7) is 4.24. The first kappa shape index (κ1) is 23.7. The van der Waals surface area contributed by atoms with Crippen LogP contribution in [0.5, 0.6) is 5.75 Å². The number of methoxy groups -OCH3 is 2. The van der Waals surface area contributed by atoms with E-state index in [1.807, 2.05) is 36.4 Å². The number of carbonyl (C=O) groups is 1. The number of amides is 1. The van der Waals surface area contributed by atoms with Crippen molar-refractivity contribution in [2.45, 2.75) is 32.0 Å². The quantitative estimate of drug-likeness (QED) is 0.468. The second-order valence-electron chi connectivity index (χ2n) is 8.35. The van der Waals surface area contributed by atoms with Gasteiger partial charge >= 0.3 is 0 Å². The lowest BCUT2D eigenvalue weighted by Crippen LogP contribution is -2.29. The van der Waals surface area contributed by atoms with Crippen molar-refractivity contribution in [2.75, 3.05) is 31.0 Å². The number of carbonyl (C=O) groups excluding carboxylic acids is 1. The molecule has 0 saturated carbocycles. The Bertz CT molecular complexity index is 1160. The minimum absolute atomic E-state index is 0.0514. The van der Waals surface area contributed by atoms with Gasteiger partial charge in [-0.25, -0.2) is 0 Å². The Kier molecular flexibility index (Phi) is 7.14. The molecule has 9 heteroatoms. The molecular formula is C25H29N5O3S. The Morgan fingerprint density at radius 2 is 2.06 bits per heavy atom. The number of hydrogen-bond donors (Lipinski definition) is 2. The third-order valence-electron chi connectivity index (χ3n) is 5.78. The molecule has 0 unspecified atom stereocenters. The normalized spacial score (nSPS) is 17.7. The van der Waals surface area contributed by atoms with E-state index in [4.69, 9.17) is 21.7 Å². The van der Waals surface area contributed by atoms with Gasteiger partial charge in [0.15, 0.2) is 5.11 Å². The molecule has 1 saturated heterocycles. The molecule has 0 radical (unpaired) electrons. The van der Waals surface area contributed by atoms with Crippen LogP contribution in [0.1, 0.15) is 43.2 Å². The predicted molar refractivity (Wildman–Crippen MR) is 136 cm³/mol. The van der Waals surface area contributed by atoms with Crippen LogP contribution in [0.15, 0.2) is 61.1 Å². The molecule has 1 aromatic carbocycles. The van der Waals surface area contributed by atoms with E-state index in [-0.39, 0.29) is 24.6 Å². The van der Waals surface area contributed by atoms with Gasteiger partial charge in [-0.1, -0.05) is 6.07 Å². The molecule has 4 rings (SSSR count). The van der Waals surface area contributed by atoms with E-state index in [1.165, 1.54) is 7.11 Å². The number of pyridine rings is 1. The maximum Gasteiger partial charge on any atom is 0.250 e. The van der Waals surface area contributed by atoms with Crippen molar-refractivity contribution in [3.63, 3.8) is 0 Å². The van der Waals surface area contributed by atoms with Gasteiger partial charge in [0.2, 0.25) is 5.91 Å². The highest BCUT2D eigenvalue weighted by Crippen LogP contribution is 2.43. The molecule has 2 atom stereocenters. The van der Waals surface area contributed by atoms with Crippen LogP contribution in [0.3, 0.4) is 0 Å². The summed E-state index contributed by atoms with van der Waals surface area (Å²) in [5.41, 5.74) is 3.38. The Hall–Kier alpha value is -3.43. The van der Waals surface area contributed by atoms with Gasteiger partial charge in [0.05, 0.1) is 30.6 Å². The van der Waals surface area contributed by atoms with Crippen LogP contribution in [0.4, 0.5) is 11.4 Å². The second-order valence-corrected chi connectivity index (χ2v) is 8.73. The maximum absolute atomic E-state index is 12.2. The van der Waals surface area contributed by atoms with Crippen LogP contribution < -0.4 is 20.3 Å². The summed E-state index contributed by atoms with van der Waals surface area (Å²) in [6.07, 6.45) is 6.02. The van der Waals surface area contributed by atoms with Gasteiger partial charge in [0, 0.05) is 37.4 Å². The zero-order valence-electron chi connectivity index (χ0n) is 19.7. The van der Waals surface area contributed by atoms with Crippen LogP contribution in [0, 0.1) is 0 Å². The van der Waals surface area contributed by atoms with Crippen LogP contribution in [-0.4, -0.2) is 41.4 Å². The van der Waals surface area contributed by atoms with Gasteiger partial charge in [0.1, 0.15) is 12.4 Å². The van der Waals surface area contributed by atoms with E-state index in [0.29, 0.717) is 22.6 Å². The number of nitrogens with one attached hydrogen (secondary N) is 2. The molecule has 34 heavy (non-hydrogen) atoms. The number of thiocarbonyl (C=S) groups is 1. The number of hydrogen-bond acceptors (Lipinski definition) is 5. The first-order valence-electron chi connectivity index (χ1n) is 11.1. The second kappa shape index (κ2) is 10.2. The molecule has 1 fully saturated rings. The standard InChI is InChI=1S/C25H29N5O3S/c1-16(2)29-12-10-17(14-29)24-23(19-7-5-6-11-26-19)28-25(34)30(24)18-8-9-21(33-4)20(13-18)27-22(31)15-32-3/h5-14,16,23-24H,15H2,1-4H3,(H,27,31)(H,28,34)/t23-,24+/m1/s1. The summed E-state index contributed by atoms with van der Waals surface area (Å²) in [5.74, 6) is 0.284. The zero-order chi connectivity index (χ0) is 24.2. The molecule has 1 amide bonds. The van der Waals surface area contributed by atoms with Crippen molar-refractivity contribution in [1.82, 2.24) is 14.9 Å². The highest BCUT2D eigenvalue weighted by atomic mass is 32.1. The number of benzene rings is 1. The Balaban J connectivity index is 1.78. The molecule has 0 bridgehead atoms. The largest absolute Gasteiger partial charge is 0.495 e. The van der Waals surface area contributed by atoms with E-state index < -0.39 is 0 Å². The number of anilines is 2. The molecular weight excluding hydrogens is 450 g/mol. The maximum atomic E-state index is 12.2. The average molecular weight is 480 g/mol. The highest BCUT2D eigenvalue weighted by Gasteiger charge is 2.41. The van der Waals surface area contributed by atoms with Crippen molar-refractivity contribution in [3.05, 3.63) is 72.3 Å². The smallest absolute Gasteiger partial charge is 0.250 e. The fraction of sp³-hybridized carbons (Fsp3) is 0.320. The van der Waals surface area contributed by atoms with Gasteiger partial charge in [0.25, 0.3) is 0 Å². The lowest BCUT2D eigenvalue weighted by Gasteiger charge is -2.28. The molecule has 3 heterocycles. The van der Waals surface area contributed by atoms with E-state index in [2.05, 4.69) is 57.4 Å². The fourth-order valence-electron chi connectivity index (χ4n) is 4.16. The molecule has 1 aliphatic heterocycles. The predicted octanol–water partition coefficient (Wildman–Crippen LogP) is 4.23. The van der Waals surface area contributed by atoms with Gasteiger partial charge in [-0.05, 0) is 68.0 Å². The van der Waals surface area contributed by atoms with Crippen LogP contribution in [0.2, 0.25) is 0 Å². The van der Waals surface area contributed by atoms with Gasteiger partial charge in [-0.2, -0.15) is 0 Å². The third kappa shape index (κ3) is 4.76. The molecule has 0 aliphatic carbocycles. The van der Waals surface area contributed by atoms with Gasteiger partial charge in [-0.15, -0.1) is 0 Å². The van der Waals surface area contributed by atoms with Gasteiger partial charge in [-0.3, -0.25) is 9.78 Å². The van der Waals surface area contributed by atoms with E-state index in [0.717, 1.165) is 16.9 Å². The topological polar surface area (TPSA) is 80.7 Å². The summed E-state index contributed by atoms with van der Waals surface area (Å²) in [4.78, 5) is 18.9. The summed E-state index contributed by atoms with van der Waals surface area (Å²) >= 11 is 5.81. The van der Waals surface area contributed by atoms with Crippen molar-refractivity contribution in [1.29, 1.82) is 0 Å². The van der Waals surface area contributed by atoms with E-state index in [1.54, 1.807) is 13.3 Å². The van der Waals surface area contributed by atoms with Crippen LogP contribution in [0.25, 0.3) is 0 Å². The summed E-state index contributed by atoms with van der Waals surface area (Å²) < 4.78 is 12.6. The van der Waals surface area contributed by atoms with E-state index in [9.17, 15) is 4.79 Å². The molecule has 0 spiro atoms. The average Bonchev–Trinajstić information content (AvgIpc) is 3.44. The highest BCUT2D eigenvalue weighted by molar-refractivity contribution is 7.80. The monoisotopic (exact) mass is 479 g/mol. The fourth-order valence-corrected chi connectivity index (χ4v) is 4.51. The van der Waals surface area contributed by atoms with Crippen molar-refractivity contribution in [2.24, 2.45) is 0 Å². The summed E-state index contributed by atoms with van der Waals surface area (Å²) in [6, 6.07) is 13.7. The van der Waals surface area contributed by atoms with Crippen LogP contribution >= 0.6 is 12.2 Å². The van der Waals surface area contributed by atoms with Crippen molar-refractivity contribution >= 4 is 34.6 Å². The third-order valence-corrected chi connectivity index (χ3v) is 6.10. The van der Waals surface area contributed by atoms with Crippen molar-refractivity contribution < 1.29 is 14.3 Å². The summed E-state index contributed by atoms with van der Waals surface area (Å²) in [5, 5.41) is 6.90. The number of ether oxygens (including phenoxy) is 2. The molecule has 8 nitrogen and oxygen atoms in total. The van der Waals surface area contributed by atoms with Crippen LogP contribution in [-0.2, 0) is 9.53 Å². The molecule has 178 valence electrons. The Morgan fingerprint density at radius 3 is 2.71 bits per heavy atom. The van der Waals surface area contributed by atoms with Gasteiger partial charge < -0.3 is 29.6 Å². The number of nitrogens with zero attached hydrogens (tertiary/aromatic N) is 3. The molecule has 2 N–H and O–H groups in total.